The quantitative estimate of drug-likeness (QED) is 0.440. The van der Waals surface area contributed by atoms with Gasteiger partial charge in [0.25, 0.3) is 0 Å². The van der Waals surface area contributed by atoms with Gasteiger partial charge in [-0.15, -0.1) is 11.8 Å². The zero-order valence-electron chi connectivity index (χ0n) is 10.8. The van der Waals surface area contributed by atoms with Crippen molar-refractivity contribution >= 4 is 17.6 Å². The van der Waals surface area contributed by atoms with E-state index < -0.39 is 0 Å². The van der Waals surface area contributed by atoms with E-state index in [-0.39, 0.29) is 0 Å². The third kappa shape index (κ3) is 4.91. The zero-order valence-corrected chi connectivity index (χ0v) is 11.6. The fraction of sp³-hybridized carbons (Fsp3) is 0.667. The lowest BCUT2D eigenvalue weighted by Crippen LogP contribution is -2.05. The summed E-state index contributed by atoms with van der Waals surface area (Å²) in [6, 6.07) is 0. The van der Waals surface area contributed by atoms with Crippen LogP contribution in [0.15, 0.2) is 11.4 Å². The highest BCUT2D eigenvalue weighted by Crippen LogP contribution is 2.24. The van der Waals surface area contributed by atoms with E-state index >= 15 is 0 Å². The number of methoxy groups -OCH3 is 1. The number of anilines is 1. The van der Waals surface area contributed by atoms with Crippen molar-refractivity contribution in [3.8, 4) is 0 Å². The van der Waals surface area contributed by atoms with Gasteiger partial charge in [0.2, 0.25) is 0 Å². The molecule has 4 nitrogen and oxygen atoms in total. The highest BCUT2D eigenvalue weighted by molar-refractivity contribution is 7.99. The highest BCUT2D eigenvalue weighted by atomic mass is 32.2. The molecule has 0 saturated carbocycles. The van der Waals surface area contributed by atoms with Crippen molar-refractivity contribution < 1.29 is 4.74 Å². The van der Waals surface area contributed by atoms with Crippen LogP contribution in [0.2, 0.25) is 0 Å². The Bertz CT molecular complexity index is 334. The van der Waals surface area contributed by atoms with E-state index in [1.807, 2.05) is 0 Å². The van der Waals surface area contributed by atoms with Crippen molar-refractivity contribution in [1.29, 1.82) is 0 Å². The van der Waals surface area contributed by atoms with Crippen molar-refractivity contribution in [2.75, 3.05) is 31.3 Å². The van der Waals surface area contributed by atoms with E-state index in [1.165, 1.54) is 0 Å². The molecule has 0 bridgehead atoms. The van der Waals surface area contributed by atoms with Crippen LogP contribution in [0.1, 0.15) is 25.3 Å². The first-order chi connectivity index (χ1) is 8.29. The van der Waals surface area contributed by atoms with Crippen LogP contribution in [0.3, 0.4) is 0 Å². The monoisotopic (exact) mass is 255 g/mol. The van der Waals surface area contributed by atoms with E-state index in [9.17, 15) is 0 Å². The van der Waals surface area contributed by atoms with Crippen LogP contribution in [-0.4, -0.2) is 36.0 Å². The van der Waals surface area contributed by atoms with Crippen LogP contribution in [0.5, 0.6) is 0 Å². The molecule has 1 heterocycles. The fourth-order valence-corrected chi connectivity index (χ4v) is 2.26. The summed E-state index contributed by atoms with van der Waals surface area (Å²) in [6.07, 6.45) is 3.77. The fourth-order valence-electron chi connectivity index (χ4n) is 1.37. The molecular weight excluding hydrogens is 234 g/mol. The standard InChI is InChI=1S/C12H21N3OS/c1-4-6-13-11-10(2)12(15-9-14-11)17-8-5-7-16-3/h9H,4-8H2,1-3H3,(H,13,14,15). The Morgan fingerprint density at radius 1 is 1.41 bits per heavy atom. The predicted octanol–water partition coefficient (Wildman–Crippen LogP) is 2.74. The molecule has 96 valence electrons. The van der Waals surface area contributed by atoms with Crippen LogP contribution < -0.4 is 5.32 Å². The van der Waals surface area contributed by atoms with E-state index in [1.54, 1.807) is 25.2 Å². The van der Waals surface area contributed by atoms with Gasteiger partial charge >= 0.3 is 0 Å². The normalized spacial score (nSPS) is 10.5. The Morgan fingerprint density at radius 2 is 2.24 bits per heavy atom. The molecule has 1 aromatic heterocycles. The van der Waals surface area contributed by atoms with Crippen LogP contribution in [0, 0.1) is 6.92 Å². The first-order valence-corrected chi connectivity index (χ1v) is 6.95. The molecule has 0 fully saturated rings. The minimum atomic E-state index is 0.804. The van der Waals surface area contributed by atoms with Crippen molar-refractivity contribution in [3.63, 3.8) is 0 Å². The van der Waals surface area contributed by atoms with Gasteiger partial charge < -0.3 is 10.1 Å². The SMILES string of the molecule is CCCNc1ncnc(SCCCOC)c1C. The van der Waals surface area contributed by atoms with Gasteiger partial charge in [0.05, 0.1) is 0 Å². The summed E-state index contributed by atoms with van der Waals surface area (Å²) in [5.74, 6) is 1.98. The van der Waals surface area contributed by atoms with E-state index in [0.29, 0.717) is 0 Å². The molecule has 0 unspecified atom stereocenters. The molecule has 0 aliphatic rings. The maximum Gasteiger partial charge on any atom is 0.133 e. The van der Waals surface area contributed by atoms with Gasteiger partial charge in [-0.05, 0) is 19.8 Å². The topological polar surface area (TPSA) is 47.0 Å². The van der Waals surface area contributed by atoms with Gasteiger partial charge in [-0.3, -0.25) is 0 Å². The molecule has 0 amide bonds. The Balaban J connectivity index is 2.53. The lowest BCUT2D eigenvalue weighted by atomic mass is 10.3. The summed E-state index contributed by atoms with van der Waals surface area (Å²) >= 11 is 1.76. The van der Waals surface area contributed by atoms with E-state index in [0.717, 1.165) is 48.2 Å². The Labute approximate surface area is 108 Å². The van der Waals surface area contributed by atoms with Gasteiger partial charge in [-0.2, -0.15) is 0 Å². The number of hydrogen-bond acceptors (Lipinski definition) is 5. The maximum atomic E-state index is 5.03. The van der Waals surface area contributed by atoms with Gasteiger partial charge in [-0.1, -0.05) is 6.92 Å². The van der Waals surface area contributed by atoms with Gasteiger partial charge in [-0.25, -0.2) is 9.97 Å². The molecule has 0 aliphatic carbocycles. The average Bonchev–Trinajstić information content (AvgIpc) is 2.35. The van der Waals surface area contributed by atoms with Gasteiger partial charge in [0.15, 0.2) is 0 Å². The molecule has 17 heavy (non-hydrogen) atoms. The van der Waals surface area contributed by atoms with Crippen molar-refractivity contribution in [2.45, 2.75) is 31.7 Å². The van der Waals surface area contributed by atoms with Crippen LogP contribution in [-0.2, 0) is 4.74 Å². The first-order valence-electron chi connectivity index (χ1n) is 5.96. The molecular formula is C12H21N3OS. The molecule has 5 heteroatoms. The Morgan fingerprint density at radius 3 is 2.94 bits per heavy atom. The summed E-state index contributed by atoms with van der Waals surface area (Å²) in [5.41, 5.74) is 1.14. The second-order valence-corrected chi connectivity index (χ2v) is 4.86. The molecule has 1 N–H and O–H groups in total. The van der Waals surface area contributed by atoms with Crippen LogP contribution in [0.4, 0.5) is 5.82 Å². The summed E-state index contributed by atoms with van der Waals surface area (Å²) in [7, 11) is 1.73. The number of aromatic nitrogens is 2. The molecule has 1 rings (SSSR count). The number of nitrogens with zero attached hydrogens (tertiary/aromatic N) is 2. The highest BCUT2D eigenvalue weighted by Gasteiger charge is 2.06. The number of hydrogen-bond donors (Lipinski definition) is 1. The van der Waals surface area contributed by atoms with Gasteiger partial charge in [0, 0.05) is 31.6 Å². The Hall–Kier alpha value is -0.810. The molecule has 0 aromatic carbocycles. The lowest BCUT2D eigenvalue weighted by molar-refractivity contribution is 0.200. The molecule has 0 atom stereocenters. The summed E-state index contributed by atoms with van der Waals surface area (Å²) in [4.78, 5) is 8.58. The molecule has 0 aliphatic heterocycles. The van der Waals surface area contributed by atoms with Crippen molar-refractivity contribution in [2.24, 2.45) is 0 Å². The van der Waals surface area contributed by atoms with Crippen molar-refractivity contribution in [1.82, 2.24) is 9.97 Å². The summed E-state index contributed by atoms with van der Waals surface area (Å²) in [5, 5.41) is 4.38. The molecule has 0 radical (unpaired) electrons. The molecule has 0 saturated heterocycles. The predicted molar refractivity (Wildman–Crippen MR) is 72.8 cm³/mol. The lowest BCUT2D eigenvalue weighted by Gasteiger charge is -2.10. The molecule has 1 aromatic rings. The Kier molecular flexibility index (Phi) is 6.96. The van der Waals surface area contributed by atoms with Gasteiger partial charge in [0.1, 0.15) is 17.2 Å². The van der Waals surface area contributed by atoms with Crippen molar-refractivity contribution in [3.05, 3.63) is 11.9 Å². The van der Waals surface area contributed by atoms with E-state index in [4.69, 9.17) is 4.74 Å². The maximum absolute atomic E-state index is 5.03. The van der Waals surface area contributed by atoms with Crippen LogP contribution >= 0.6 is 11.8 Å². The van der Waals surface area contributed by atoms with Crippen LogP contribution in [0.25, 0.3) is 0 Å². The second-order valence-electron chi connectivity index (χ2n) is 3.77. The molecule has 0 spiro atoms. The minimum absolute atomic E-state index is 0.804. The average molecular weight is 255 g/mol. The summed E-state index contributed by atoms with van der Waals surface area (Å²) < 4.78 is 5.03. The zero-order chi connectivity index (χ0) is 12.5. The van der Waals surface area contributed by atoms with E-state index in [2.05, 4.69) is 29.1 Å². The minimum Gasteiger partial charge on any atom is -0.385 e. The summed E-state index contributed by atoms with van der Waals surface area (Å²) in [6.45, 7) is 5.96. The first kappa shape index (κ1) is 14.3. The smallest absolute Gasteiger partial charge is 0.133 e. The number of nitrogens with one attached hydrogen (secondary N) is 1. The third-order valence-corrected chi connectivity index (χ3v) is 3.49. The largest absolute Gasteiger partial charge is 0.385 e. The number of rotatable bonds is 8. The number of ether oxygens (including phenoxy) is 1. The third-order valence-electron chi connectivity index (χ3n) is 2.31. The number of thioether (sulfide) groups is 1. The second kappa shape index (κ2) is 8.31.